The third-order valence-corrected chi connectivity index (χ3v) is 4.69. The van der Waals surface area contributed by atoms with Gasteiger partial charge in [-0.2, -0.15) is 0 Å². The molecule has 0 radical (unpaired) electrons. The van der Waals surface area contributed by atoms with Crippen LogP contribution in [-0.4, -0.2) is 64.2 Å². The summed E-state index contributed by atoms with van der Waals surface area (Å²) in [6.45, 7) is 6.50. The van der Waals surface area contributed by atoms with E-state index in [-0.39, 0.29) is 36.0 Å². The fourth-order valence-electron chi connectivity index (χ4n) is 3.02. The maximum atomic E-state index is 9.33. The number of hydrogen-bond acceptors (Lipinski definition) is 5. The van der Waals surface area contributed by atoms with Crippen LogP contribution in [0.5, 0.6) is 11.5 Å². The highest BCUT2D eigenvalue weighted by Crippen LogP contribution is 2.32. The van der Waals surface area contributed by atoms with Crippen molar-refractivity contribution in [1.29, 1.82) is 0 Å². The molecule has 2 rings (SSSR count). The zero-order valence-electron chi connectivity index (χ0n) is 16.9. The number of nitrogens with one attached hydrogen (secondary N) is 2. The maximum Gasteiger partial charge on any atom is 0.191 e. The van der Waals surface area contributed by atoms with Crippen LogP contribution < -0.4 is 20.1 Å². The first-order chi connectivity index (χ1) is 13.2. The number of aliphatic hydroxyl groups is 1. The second-order valence-electron chi connectivity index (χ2n) is 6.78. The molecule has 160 valence electrons. The van der Waals surface area contributed by atoms with E-state index in [1.54, 1.807) is 7.11 Å². The number of methoxy groups -OCH3 is 1. The lowest BCUT2D eigenvalue weighted by Gasteiger charge is -2.24. The number of nitrogens with zero attached hydrogens (tertiary/aromatic N) is 1. The maximum absolute atomic E-state index is 9.33. The molecule has 28 heavy (non-hydrogen) atoms. The molecule has 0 bridgehead atoms. The summed E-state index contributed by atoms with van der Waals surface area (Å²) in [7, 11) is 1.65. The predicted molar refractivity (Wildman–Crippen MR) is 122 cm³/mol. The molecule has 7 nitrogen and oxygen atoms in total. The van der Waals surface area contributed by atoms with Gasteiger partial charge in [-0.05, 0) is 50.5 Å². The van der Waals surface area contributed by atoms with E-state index in [2.05, 4.69) is 10.6 Å². The molecular formula is C20H34IN3O4. The van der Waals surface area contributed by atoms with Gasteiger partial charge in [0.05, 0.1) is 26.9 Å². The molecule has 0 amide bonds. The van der Waals surface area contributed by atoms with Gasteiger partial charge < -0.3 is 30.0 Å². The zero-order chi connectivity index (χ0) is 19.4. The summed E-state index contributed by atoms with van der Waals surface area (Å²) < 4.78 is 16.4. The average Bonchev–Trinajstić information content (AvgIpc) is 3.15. The highest BCUT2D eigenvalue weighted by Gasteiger charge is 2.34. The van der Waals surface area contributed by atoms with Gasteiger partial charge in [-0.25, -0.2) is 0 Å². The first kappa shape index (κ1) is 24.8. The number of ether oxygens (including phenoxy) is 3. The number of hydrogen-bond donors (Lipinski definition) is 3. The van der Waals surface area contributed by atoms with E-state index < -0.39 is 0 Å². The van der Waals surface area contributed by atoms with Crippen molar-refractivity contribution in [2.75, 3.05) is 53.2 Å². The molecule has 1 aliphatic rings. The first-order valence-corrected chi connectivity index (χ1v) is 9.69. The van der Waals surface area contributed by atoms with Gasteiger partial charge in [-0.1, -0.05) is 0 Å². The van der Waals surface area contributed by atoms with E-state index in [0.717, 1.165) is 56.4 Å². The number of guanidine groups is 1. The quantitative estimate of drug-likeness (QED) is 0.185. The second-order valence-corrected chi connectivity index (χ2v) is 6.78. The molecule has 8 heteroatoms. The minimum atomic E-state index is -0.0332. The van der Waals surface area contributed by atoms with Crippen molar-refractivity contribution in [3.05, 3.63) is 24.3 Å². The lowest BCUT2D eigenvalue weighted by atomic mass is 9.84. The van der Waals surface area contributed by atoms with E-state index >= 15 is 0 Å². The number of halogens is 1. The predicted octanol–water partition coefficient (Wildman–Crippen LogP) is 2.43. The van der Waals surface area contributed by atoms with E-state index in [0.29, 0.717) is 19.8 Å². The molecule has 1 unspecified atom stereocenters. The fourth-order valence-corrected chi connectivity index (χ4v) is 3.02. The molecule has 0 aromatic heterocycles. The van der Waals surface area contributed by atoms with Crippen LogP contribution in [0.25, 0.3) is 0 Å². The normalized spacial score (nSPS) is 19.0. The molecule has 0 saturated carbocycles. The molecule has 1 aromatic rings. The van der Waals surface area contributed by atoms with E-state index in [9.17, 15) is 5.11 Å². The number of benzene rings is 1. The van der Waals surface area contributed by atoms with Gasteiger partial charge in [0.25, 0.3) is 0 Å². The fraction of sp³-hybridized carbons (Fsp3) is 0.650. The Labute approximate surface area is 185 Å². The topological polar surface area (TPSA) is 84.3 Å². The van der Waals surface area contributed by atoms with Crippen molar-refractivity contribution < 1.29 is 19.3 Å². The van der Waals surface area contributed by atoms with Gasteiger partial charge in [0, 0.05) is 31.7 Å². The van der Waals surface area contributed by atoms with Gasteiger partial charge in [0.1, 0.15) is 11.5 Å². The monoisotopic (exact) mass is 507 g/mol. The Balaban J connectivity index is 0.00000392. The van der Waals surface area contributed by atoms with Crippen molar-refractivity contribution in [2.24, 2.45) is 10.4 Å². The molecule has 1 atom stereocenters. The summed E-state index contributed by atoms with van der Waals surface area (Å²) in [5, 5.41) is 15.9. The summed E-state index contributed by atoms with van der Waals surface area (Å²) >= 11 is 0. The average molecular weight is 507 g/mol. The van der Waals surface area contributed by atoms with Crippen LogP contribution in [0.3, 0.4) is 0 Å². The number of aliphatic imine (C=N–C) groups is 1. The Morgan fingerprint density at radius 3 is 2.61 bits per heavy atom. The van der Waals surface area contributed by atoms with Crippen molar-refractivity contribution in [1.82, 2.24) is 10.6 Å². The summed E-state index contributed by atoms with van der Waals surface area (Å²) in [6, 6.07) is 7.58. The van der Waals surface area contributed by atoms with Crippen LogP contribution in [0.1, 0.15) is 26.2 Å². The minimum absolute atomic E-state index is 0. The largest absolute Gasteiger partial charge is 0.497 e. The van der Waals surface area contributed by atoms with Gasteiger partial charge in [0.2, 0.25) is 0 Å². The van der Waals surface area contributed by atoms with Crippen LogP contribution in [0.15, 0.2) is 29.3 Å². The Hall–Kier alpha value is -1.26. The van der Waals surface area contributed by atoms with E-state index in [1.165, 1.54) is 0 Å². The highest BCUT2D eigenvalue weighted by atomic mass is 127. The Morgan fingerprint density at radius 2 is 2.00 bits per heavy atom. The van der Waals surface area contributed by atoms with E-state index in [4.69, 9.17) is 19.2 Å². The molecule has 1 aromatic carbocycles. The highest BCUT2D eigenvalue weighted by molar-refractivity contribution is 14.0. The molecule has 1 fully saturated rings. The van der Waals surface area contributed by atoms with Crippen molar-refractivity contribution in [2.45, 2.75) is 26.2 Å². The molecule has 0 aliphatic carbocycles. The molecular weight excluding hydrogens is 473 g/mol. The molecule has 0 spiro atoms. The van der Waals surface area contributed by atoms with Gasteiger partial charge in [-0.15, -0.1) is 24.0 Å². The van der Waals surface area contributed by atoms with Crippen molar-refractivity contribution >= 4 is 29.9 Å². The van der Waals surface area contributed by atoms with Crippen molar-refractivity contribution in [3.63, 3.8) is 0 Å². The van der Waals surface area contributed by atoms with E-state index in [1.807, 2.05) is 31.2 Å². The Morgan fingerprint density at radius 1 is 1.25 bits per heavy atom. The third kappa shape index (κ3) is 8.40. The SMILES string of the molecule is CCNC(=NCC1(CCO)CCOC1)NCCCOc1ccc(OC)cc1.I. The second kappa shape index (κ2) is 13.8. The summed E-state index contributed by atoms with van der Waals surface area (Å²) in [5.74, 6) is 2.46. The molecule has 1 heterocycles. The van der Waals surface area contributed by atoms with Gasteiger partial charge in [0.15, 0.2) is 5.96 Å². The van der Waals surface area contributed by atoms with Crippen LogP contribution in [0, 0.1) is 5.41 Å². The molecule has 1 saturated heterocycles. The standard InChI is InChI=1S/C20H33N3O4.HI/c1-3-21-19(23-15-20(9-12-24)10-14-26-16-20)22-11-4-13-27-18-7-5-17(25-2)6-8-18;/h5-8,24H,3-4,9-16H2,1-2H3,(H2,21,22,23);1H. The zero-order valence-corrected chi connectivity index (χ0v) is 19.2. The number of rotatable bonds is 11. The van der Waals surface area contributed by atoms with Crippen LogP contribution in [-0.2, 0) is 4.74 Å². The van der Waals surface area contributed by atoms with Crippen molar-refractivity contribution in [3.8, 4) is 11.5 Å². The Kier molecular flexibility index (Phi) is 12.2. The van der Waals surface area contributed by atoms with Crippen LogP contribution in [0.4, 0.5) is 0 Å². The van der Waals surface area contributed by atoms with Crippen LogP contribution >= 0.6 is 24.0 Å². The third-order valence-electron chi connectivity index (χ3n) is 4.69. The van der Waals surface area contributed by atoms with Crippen LogP contribution in [0.2, 0.25) is 0 Å². The minimum Gasteiger partial charge on any atom is -0.497 e. The lowest BCUT2D eigenvalue weighted by molar-refractivity contribution is 0.131. The number of aliphatic hydroxyl groups excluding tert-OH is 1. The lowest BCUT2D eigenvalue weighted by Crippen LogP contribution is -2.39. The Bertz CT molecular complexity index is 563. The summed E-state index contributed by atoms with van der Waals surface area (Å²) in [5.41, 5.74) is -0.0332. The van der Waals surface area contributed by atoms with Gasteiger partial charge in [-0.3, -0.25) is 4.99 Å². The summed E-state index contributed by atoms with van der Waals surface area (Å²) in [4.78, 5) is 4.71. The summed E-state index contributed by atoms with van der Waals surface area (Å²) in [6.07, 6.45) is 2.54. The first-order valence-electron chi connectivity index (χ1n) is 9.69. The molecule has 3 N–H and O–H groups in total. The molecule has 1 aliphatic heterocycles. The van der Waals surface area contributed by atoms with Gasteiger partial charge >= 0.3 is 0 Å². The smallest absolute Gasteiger partial charge is 0.191 e.